The second-order valence-electron chi connectivity index (χ2n) is 5.58. The van der Waals surface area contributed by atoms with Crippen LogP contribution in [0.2, 0.25) is 0 Å². The van der Waals surface area contributed by atoms with E-state index in [-0.39, 0.29) is 5.97 Å². The Morgan fingerprint density at radius 3 is 2.76 bits per heavy atom. The Morgan fingerprint density at radius 2 is 2.08 bits per heavy atom. The Kier molecular flexibility index (Phi) is 7.00. The molecule has 1 aromatic carbocycles. The van der Waals surface area contributed by atoms with Crippen molar-refractivity contribution in [3.63, 3.8) is 0 Å². The molecule has 25 heavy (non-hydrogen) atoms. The zero-order chi connectivity index (χ0) is 18.1. The number of aryl methyl sites for hydroxylation is 2. The van der Waals surface area contributed by atoms with Gasteiger partial charge in [-0.15, -0.1) is 5.10 Å². The molecular formula is C18H25N5O2. The van der Waals surface area contributed by atoms with E-state index in [1.54, 1.807) is 11.6 Å². The topological polar surface area (TPSA) is 95.1 Å². The third-order valence-corrected chi connectivity index (χ3v) is 3.61. The first-order valence-corrected chi connectivity index (χ1v) is 8.51. The van der Waals surface area contributed by atoms with Gasteiger partial charge < -0.3 is 15.8 Å². The van der Waals surface area contributed by atoms with Crippen LogP contribution in [0.3, 0.4) is 0 Å². The predicted octanol–water partition coefficient (Wildman–Crippen LogP) is 2.76. The van der Waals surface area contributed by atoms with E-state index < -0.39 is 0 Å². The SMILES string of the molecule is CCC/C(=C/C(=O)OCC)Nc1nnn(CCc2ccccc2)c1N. The van der Waals surface area contributed by atoms with E-state index in [1.165, 1.54) is 11.6 Å². The fraction of sp³-hybridized carbons (Fsp3) is 0.389. The van der Waals surface area contributed by atoms with Crippen molar-refractivity contribution in [2.75, 3.05) is 17.7 Å². The lowest BCUT2D eigenvalue weighted by molar-refractivity contribution is -0.137. The molecule has 0 saturated heterocycles. The molecule has 0 atom stereocenters. The van der Waals surface area contributed by atoms with Crippen molar-refractivity contribution in [1.82, 2.24) is 15.0 Å². The lowest BCUT2D eigenvalue weighted by Gasteiger charge is -2.09. The monoisotopic (exact) mass is 343 g/mol. The number of allylic oxidation sites excluding steroid dienone is 1. The van der Waals surface area contributed by atoms with Crippen LogP contribution >= 0.6 is 0 Å². The lowest BCUT2D eigenvalue weighted by atomic mass is 10.1. The van der Waals surface area contributed by atoms with Gasteiger partial charge in [0.05, 0.1) is 6.61 Å². The fourth-order valence-electron chi connectivity index (χ4n) is 2.37. The average molecular weight is 343 g/mol. The number of anilines is 2. The van der Waals surface area contributed by atoms with Gasteiger partial charge >= 0.3 is 5.97 Å². The van der Waals surface area contributed by atoms with Gasteiger partial charge in [-0.2, -0.15) is 0 Å². The number of nitrogens with one attached hydrogen (secondary N) is 1. The summed E-state index contributed by atoms with van der Waals surface area (Å²) in [6.45, 7) is 4.78. The van der Waals surface area contributed by atoms with Crippen molar-refractivity contribution in [3.8, 4) is 0 Å². The van der Waals surface area contributed by atoms with E-state index >= 15 is 0 Å². The van der Waals surface area contributed by atoms with E-state index in [1.807, 2.05) is 25.1 Å². The lowest BCUT2D eigenvalue weighted by Crippen LogP contribution is -2.10. The largest absolute Gasteiger partial charge is 0.463 e. The molecule has 0 radical (unpaired) electrons. The van der Waals surface area contributed by atoms with Gasteiger partial charge in [-0.3, -0.25) is 0 Å². The maximum absolute atomic E-state index is 11.7. The Hall–Kier alpha value is -2.83. The minimum atomic E-state index is -0.381. The van der Waals surface area contributed by atoms with Crippen LogP contribution in [0.5, 0.6) is 0 Å². The van der Waals surface area contributed by atoms with Gasteiger partial charge in [0.25, 0.3) is 0 Å². The number of hydrogen-bond donors (Lipinski definition) is 2. The van der Waals surface area contributed by atoms with E-state index in [0.29, 0.717) is 36.9 Å². The number of benzene rings is 1. The maximum Gasteiger partial charge on any atom is 0.332 e. The quantitative estimate of drug-likeness (QED) is 0.537. The van der Waals surface area contributed by atoms with Crippen molar-refractivity contribution >= 4 is 17.6 Å². The molecule has 1 heterocycles. The molecule has 2 aromatic rings. The van der Waals surface area contributed by atoms with Gasteiger partial charge in [-0.1, -0.05) is 48.9 Å². The van der Waals surface area contributed by atoms with Gasteiger partial charge in [0.2, 0.25) is 0 Å². The van der Waals surface area contributed by atoms with Crippen LogP contribution in [0.15, 0.2) is 42.1 Å². The summed E-state index contributed by atoms with van der Waals surface area (Å²) in [5.74, 6) is 0.521. The summed E-state index contributed by atoms with van der Waals surface area (Å²) in [6, 6.07) is 10.1. The van der Waals surface area contributed by atoms with Crippen LogP contribution in [-0.4, -0.2) is 27.6 Å². The first-order chi connectivity index (χ1) is 12.1. The number of nitrogens with two attached hydrogens (primary N) is 1. The Bertz CT molecular complexity index is 710. The molecule has 1 aromatic heterocycles. The van der Waals surface area contributed by atoms with Crippen molar-refractivity contribution < 1.29 is 9.53 Å². The molecule has 0 aliphatic heterocycles. The number of carbonyl (C=O) groups is 1. The van der Waals surface area contributed by atoms with Gasteiger partial charge in [0.15, 0.2) is 11.6 Å². The maximum atomic E-state index is 11.7. The summed E-state index contributed by atoms with van der Waals surface area (Å²) in [6.07, 6.45) is 3.82. The molecule has 0 aliphatic rings. The summed E-state index contributed by atoms with van der Waals surface area (Å²) in [4.78, 5) is 11.7. The van der Waals surface area contributed by atoms with Crippen LogP contribution in [0.25, 0.3) is 0 Å². The third kappa shape index (κ3) is 5.63. The van der Waals surface area contributed by atoms with Crippen LogP contribution in [0.1, 0.15) is 32.3 Å². The minimum absolute atomic E-state index is 0.340. The van der Waals surface area contributed by atoms with Gasteiger partial charge in [-0.05, 0) is 25.3 Å². The van der Waals surface area contributed by atoms with Crippen molar-refractivity contribution in [2.45, 2.75) is 39.7 Å². The molecule has 2 rings (SSSR count). The van der Waals surface area contributed by atoms with Crippen LogP contribution in [-0.2, 0) is 22.5 Å². The zero-order valence-corrected chi connectivity index (χ0v) is 14.7. The summed E-state index contributed by atoms with van der Waals surface area (Å²) >= 11 is 0. The molecule has 0 unspecified atom stereocenters. The number of aromatic nitrogens is 3. The molecular weight excluding hydrogens is 318 g/mol. The zero-order valence-electron chi connectivity index (χ0n) is 14.7. The second kappa shape index (κ2) is 9.46. The fourth-order valence-corrected chi connectivity index (χ4v) is 2.37. The third-order valence-electron chi connectivity index (χ3n) is 3.61. The summed E-state index contributed by atoms with van der Waals surface area (Å²) in [7, 11) is 0. The van der Waals surface area contributed by atoms with E-state index in [0.717, 1.165) is 12.8 Å². The van der Waals surface area contributed by atoms with Crippen molar-refractivity contribution in [1.29, 1.82) is 0 Å². The number of nitrogens with zero attached hydrogens (tertiary/aromatic N) is 3. The molecule has 7 heteroatoms. The highest BCUT2D eigenvalue weighted by atomic mass is 16.5. The highest BCUT2D eigenvalue weighted by molar-refractivity contribution is 5.83. The molecule has 0 saturated carbocycles. The minimum Gasteiger partial charge on any atom is -0.463 e. The van der Waals surface area contributed by atoms with Crippen LogP contribution in [0, 0.1) is 0 Å². The van der Waals surface area contributed by atoms with Crippen molar-refractivity contribution in [2.24, 2.45) is 0 Å². The van der Waals surface area contributed by atoms with Crippen LogP contribution in [0.4, 0.5) is 11.6 Å². The Balaban J connectivity index is 2.04. The molecule has 0 fully saturated rings. The van der Waals surface area contributed by atoms with E-state index in [4.69, 9.17) is 10.5 Å². The molecule has 0 amide bonds. The second-order valence-corrected chi connectivity index (χ2v) is 5.58. The van der Waals surface area contributed by atoms with Crippen LogP contribution < -0.4 is 11.1 Å². The molecule has 134 valence electrons. The van der Waals surface area contributed by atoms with E-state index in [9.17, 15) is 4.79 Å². The predicted molar refractivity (Wildman–Crippen MR) is 97.8 cm³/mol. The normalized spacial score (nSPS) is 11.4. The number of rotatable bonds is 9. The molecule has 0 bridgehead atoms. The number of hydrogen-bond acceptors (Lipinski definition) is 6. The highest BCUT2D eigenvalue weighted by Gasteiger charge is 2.12. The summed E-state index contributed by atoms with van der Waals surface area (Å²) in [5.41, 5.74) is 8.05. The van der Waals surface area contributed by atoms with Gasteiger partial charge in [0.1, 0.15) is 0 Å². The first-order valence-electron chi connectivity index (χ1n) is 8.51. The number of esters is 1. The van der Waals surface area contributed by atoms with Crippen molar-refractivity contribution in [3.05, 3.63) is 47.7 Å². The molecule has 0 aliphatic carbocycles. The highest BCUT2D eigenvalue weighted by Crippen LogP contribution is 2.18. The number of ether oxygens (including phenoxy) is 1. The number of nitrogen functional groups attached to an aromatic ring is 1. The van der Waals surface area contributed by atoms with E-state index in [2.05, 4.69) is 27.8 Å². The average Bonchev–Trinajstić information content (AvgIpc) is 2.94. The molecule has 7 nitrogen and oxygen atoms in total. The summed E-state index contributed by atoms with van der Waals surface area (Å²) in [5, 5.41) is 11.3. The number of carbonyl (C=O) groups excluding carboxylic acids is 1. The Morgan fingerprint density at radius 1 is 1.32 bits per heavy atom. The summed E-state index contributed by atoms with van der Waals surface area (Å²) < 4.78 is 6.61. The molecule has 0 spiro atoms. The smallest absolute Gasteiger partial charge is 0.332 e. The van der Waals surface area contributed by atoms with Gasteiger partial charge in [-0.25, -0.2) is 9.48 Å². The van der Waals surface area contributed by atoms with Gasteiger partial charge in [0, 0.05) is 18.3 Å². The molecule has 3 N–H and O–H groups in total. The first kappa shape index (κ1) is 18.5. The standard InChI is InChI=1S/C18H25N5O2/c1-3-8-15(13-16(24)25-4-2)20-18-17(19)23(22-21-18)12-11-14-9-6-5-7-10-14/h5-7,9-10,13,20H,3-4,8,11-12,19H2,1-2H3/b15-13-. The Labute approximate surface area is 147 Å².